The Balaban J connectivity index is 2.80. The first-order valence-corrected chi connectivity index (χ1v) is 6.01. The van der Waals surface area contributed by atoms with Crippen LogP contribution in [0.1, 0.15) is 29.3 Å². The molecule has 1 rings (SSSR count). The summed E-state index contributed by atoms with van der Waals surface area (Å²) in [6, 6.07) is 4.73. The zero-order valence-corrected chi connectivity index (χ0v) is 11.3. The first-order valence-electron chi connectivity index (χ1n) is 5.22. The van der Waals surface area contributed by atoms with Crippen molar-refractivity contribution >= 4 is 27.9 Å². The molecule has 0 fully saturated rings. The minimum Gasteiger partial charge on any atom is -0.478 e. The van der Waals surface area contributed by atoms with Crippen LogP contribution in [0.25, 0.3) is 0 Å². The van der Waals surface area contributed by atoms with Crippen LogP contribution >= 0.6 is 15.9 Å². The highest BCUT2D eigenvalue weighted by Gasteiger charge is 2.07. The van der Waals surface area contributed by atoms with E-state index in [0.717, 1.165) is 0 Å². The number of hydrogen-bond donors (Lipinski definition) is 1. The standard InChI is InChI=1S/C13H11BrO4/c1-2-18-12(15)5-3-4-9-6-7-11(14)10(8-9)13(16)17/h6-8H,2,5H2,1H3,(H,16,17). The molecule has 0 atom stereocenters. The lowest BCUT2D eigenvalue weighted by molar-refractivity contribution is -0.141. The summed E-state index contributed by atoms with van der Waals surface area (Å²) in [5, 5.41) is 8.92. The summed E-state index contributed by atoms with van der Waals surface area (Å²) in [5.74, 6) is 3.94. The summed E-state index contributed by atoms with van der Waals surface area (Å²) < 4.78 is 5.21. The largest absolute Gasteiger partial charge is 0.478 e. The number of hydrogen-bond acceptors (Lipinski definition) is 3. The second kappa shape index (κ2) is 6.82. The predicted octanol–water partition coefficient (Wildman–Crippen LogP) is 2.45. The maximum Gasteiger partial charge on any atom is 0.336 e. The Bertz CT molecular complexity index is 526. The Hall–Kier alpha value is -1.80. The fraction of sp³-hybridized carbons (Fsp3) is 0.231. The molecule has 5 heteroatoms. The van der Waals surface area contributed by atoms with E-state index in [1.807, 2.05) is 0 Å². The Kier molecular flexibility index (Phi) is 5.40. The number of rotatable bonds is 3. The molecule has 0 aromatic heterocycles. The Labute approximate surface area is 113 Å². The molecule has 0 heterocycles. The molecular weight excluding hydrogens is 300 g/mol. The number of ether oxygens (including phenoxy) is 1. The molecule has 1 N–H and O–H groups in total. The fourth-order valence-electron chi connectivity index (χ4n) is 1.20. The molecule has 0 aliphatic rings. The molecular formula is C13H11BrO4. The van der Waals surface area contributed by atoms with Gasteiger partial charge in [-0.1, -0.05) is 11.8 Å². The normalized spacial score (nSPS) is 9.22. The van der Waals surface area contributed by atoms with E-state index >= 15 is 0 Å². The quantitative estimate of drug-likeness (QED) is 0.688. The van der Waals surface area contributed by atoms with E-state index in [9.17, 15) is 9.59 Å². The number of esters is 1. The number of carbonyl (C=O) groups excluding carboxylic acids is 1. The molecule has 18 heavy (non-hydrogen) atoms. The second-order valence-electron chi connectivity index (χ2n) is 3.28. The molecule has 4 nitrogen and oxygen atoms in total. The molecule has 1 aromatic rings. The lowest BCUT2D eigenvalue weighted by Gasteiger charge is -1.99. The summed E-state index contributed by atoms with van der Waals surface area (Å²) in [7, 11) is 0. The van der Waals surface area contributed by atoms with Gasteiger partial charge >= 0.3 is 11.9 Å². The average molecular weight is 311 g/mol. The Morgan fingerprint density at radius 2 is 2.17 bits per heavy atom. The third kappa shape index (κ3) is 4.22. The monoisotopic (exact) mass is 310 g/mol. The zero-order chi connectivity index (χ0) is 13.5. The molecule has 0 radical (unpaired) electrons. The van der Waals surface area contributed by atoms with Gasteiger partial charge in [-0.3, -0.25) is 4.79 Å². The van der Waals surface area contributed by atoms with Crippen LogP contribution in [-0.4, -0.2) is 23.7 Å². The van der Waals surface area contributed by atoms with Crippen LogP contribution in [0, 0.1) is 11.8 Å². The van der Waals surface area contributed by atoms with Crippen molar-refractivity contribution in [2.24, 2.45) is 0 Å². The molecule has 0 saturated carbocycles. The van der Waals surface area contributed by atoms with Crippen molar-refractivity contribution in [3.05, 3.63) is 33.8 Å². The van der Waals surface area contributed by atoms with Gasteiger partial charge in [0.2, 0.25) is 0 Å². The van der Waals surface area contributed by atoms with E-state index in [4.69, 9.17) is 9.84 Å². The van der Waals surface area contributed by atoms with Gasteiger partial charge in [-0.15, -0.1) is 0 Å². The molecule has 1 aromatic carbocycles. The van der Waals surface area contributed by atoms with Gasteiger partial charge in [-0.05, 0) is 41.1 Å². The van der Waals surface area contributed by atoms with Crippen LogP contribution in [0.3, 0.4) is 0 Å². The lowest BCUT2D eigenvalue weighted by atomic mass is 10.1. The van der Waals surface area contributed by atoms with Crippen LogP contribution in [-0.2, 0) is 9.53 Å². The number of halogens is 1. The lowest BCUT2D eigenvalue weighted by Crippen LogP contribution is -2.01. The smallest absolute Gasteiger partial charge is 0.336 e. The predicted molar refractivity (Wildman–Crippen MR) is 69.2 cm³/mol. The third-order valence-electron chi connectivity index (χ3n) is 1.97. The van der Waals surface area contributed by atoms with Crippen molar-refractivity contribution in [1.29, 1.82) is 0 Å². The molecule has 0 aliphatic heterocycles. The number of carboxylic acids is 1. The third-order valence-corrected chi connectivity index (χ3v) is 2.66. The van der Waals surface area contributed by atoms with Gasteiger partial charge < -0.3 is 9.84 Å². The maximum absolute atomic E-state index is 11.0. The molecule has 0 amide bonds. The zero-order valence-electron chi connectivity index (χ0n) is 9.70. The molecule has 94 valence electrons. The van der Waals surface area contributed by atoms with Crippen molar-refractivity contribution in [3.63, 3.8) is 0 Å². The highest BCUT2D eigenvalue weighted by molar-refractivity contribution is 9.10. The van der Waals surface area contributed by atoms with Crippen molar-refractivity contribution < 1.29 is 19.4 Å². The highest BCUT2D eigenvalue weighted by atomic mass is 79.9. The van der Waals surface area contributed by atoms with Gasteiger partial charge in [0.15, 0.2) is 0 Å². The summed E-state index contributed by atoms with van der Waals surface area (Å²) in [6.45, 7) is 2.04. The van der Waals surface area contributed by atoms with E-state index in [1.165, 1.54) is 6.07 Å². The topological polar surface area (TPSA) is 63.6 Å². The van der Waals surface area contributed by atoms with Crippen molar-refractivity contribution in [2.45, 2.75) is 13.3 Å². The summed E-state index contributed by atoms with van der Waals surface area (Å²) in [4.78, 5) is 21.9. The van der Waals surface area contributed by atoms with Crippen LogP contribution in [0.5, 0.6) is 0 Å². The van der Waals surface area contributed by atoms with Gasteiger partial charge in [-0.25, -0.2) is 4.79 Å². The van der Waals surface area contributed by atoms with E-state index < -0.39 is 5.97 Å². The van der Waals surface area contributed by atoms with E-state index in [-0.39, 0.29) is 18.0 Å². The first kappa shape index (κ1) is 14.3. The van der Waals surface area contributed by atoms with Crippen molar-refractivity contribution in [1.82, 2.24) is 0 Å². The van der Waals surface area contributed by atoms with E-state index in [2.05, 4.69) is 27.8 Å². The molecule has 0 spiro atoms. The number of aromatic carboxylic acids is 1. The van der Waals surface area contributed by atoms with Gasteiger partial charge in [0, 0.05) is 10.0 Å². The molecule has 0 unspecified atom stereocenters. The highest BCUT2D eigenvalue weighted by Crippen LogP contribution is 2.17. The van der Waals surface area contributed by atoms with E-state index in [1.54, 1.807) is 19.1 Å². The van der Waals surface area contributed by atoms with Gasteiger partial charge in [-0.2, -0.15) is 0 Å². The van der Waals surface area contributed by atoms with Crippen LogP contribution in [0.4, 0.5) is 0 Å². The van der Waals surface area contributed by atoms with Gasteiger partial charge in [0.1, 0.15) is 6.42 Å². The van der Waals surface area contributed by atoms with Gasteiger partial charge in [0.05, 0.1) is 12.2 Å². The first-order chi connectivity index (χ1) is 8.54. The number of carbonyl (C=O) groups is 2. The Morgan fingerprint density at radius 1 is 1.44 bits per heavy atom. The van der Waals surface area contributed by atoms with Crippen molar-refractivity contribution in [2.75, 3.05) is 6.61 Å². The Morgan fingerprint density at radius 3 is 2.78 bits per heavy atom. The summed E-state index contributed by atoms with van der Waals surface area (Å²) in [6.07, 6.45) is -0.00763. The SMILES string of the molecule is CCOC(=O)CC#Cc1ccc(Br)c(C(=O)O)c1. The second-order valence-corrected chi connectivity index (χ2v) is 4.14. The average Bonchev–Trinajstić information content (AvgIpc) is 2.31. The molecule has 0 aliphatic carbocycles. The molecule has 0 saturated heterocycles. The van der Waals surface area contributed by atoms with E-state index in [0.29, 0.717) is 16.6 Å². The van der Waals surface area contributed by atoms with Crippen LogP contribution in [0.15, 0.2) is 22.7 Å². The minimum atomic E-state index is -1.03. The minimum absolute atomic E-state index is 0.00763. The summed E-state index contributed by atoms with van der Waals surface area (Å²) in [5.41, 5.74) is 0.679. The van der Waals surface area contributed by atoms with Crippen LogP contribution in [0.2, 0.25) is 0 Å². The molecule has 0 bridgehead atoms. The van der Waals surface area contributed by atoms with Crippen LogP contribution < -0.4 is 0 Å². The maximum atomic E-state index is 11.0. The van der Waals surface area contributed by atoms with Crippen molar-refractivity contribution in [3.8, 4) is 11.8 Å². The number of benzene rings is 1. The van der Waals surface area contributed by atoms with Gasteiger partial charge in [0.25, 0.3) is 0 Å². The summed E-state index contributed by atoms with van der Waals surface area (Å²) >= 11 is 3.14. The fourth-order valence-corrected chi connectivity index (χ4v) is 1.61. The number of carboxylic acid groups (broad SMARTS) is 1.